The molecule has 2 aromatic rings. The summed E-state index contributed by atoms with van der Waals surface area (Å²) in [6, 6.07) is 7.55. The number of imidazole rings is 1. The van der Waals surface area contributed by atoms with Crippen LogP contribution in [0.25, 0.3) is 11.0 Å². The largest absolute Gasteiger partial charge is 0.461 e. The molecule has 1 aliphatic rings. The minimum absolute atomic E-state index is 0.00584. The summed E-state index contributed by atoms with van der Waals surface area (Å²) in [7, 11) is 0. The monoisotopic (exact) mass is 367 g/mol. The van der Waals surface area contributed by atoms with E-state index in [2.05, 4.69) is 31.8 Å². The highest BCUT2D eigenvalue weighted by atomic mass is 16.5. The highest BCUT2D eigenvalue weighted by Gasteiger charge is 2.33. The van der Waals surface area contributed by atoms with Crippen LogP contribution >= 0.6 is 0 Å². The summed E-state index contributed by atoms with van der Waals surface area (Å²) in [5, 5.41) is 9.09. The van der Waals surface area contributed by atoms with Crippen LogP contribution in [0, 0.1) is 29.1 Å². The SMILES string of the molecule is CCc1nc2cc(C#N)ccc2n1CC(=O)O[C@@H]1C[C@H](C)CCC1C(C)C. The Morgan fingerprint density at radius 1 is 1.41 bits per heavy atom. The molecule has 0 aliphatic heterocycles. The van der Waals surface area contributed by atoms with Crippen LogP contribution in [0.15, 0.2) is 18.2 Å². The Labute approximate surface area is 161 Å². The van der Waals surface area contributed by atoms with Crippen LogP contribution in [0.2, 0.25) is 0 Å². The van der Waals surface area contributed by atoms with E-state index in [0.29, 0.717) is 23.3 Å². The number of carbonyl (C=O) groups excluding carboxylic acids is 1. The zero-order chi connectivity index (χ0) is 19.6. The second-order valence-electron chi connectivity index (χ2n) is 8.14. The van der Waals surface area contributed by atoms with Crippen LogP contribution in [-0.4, -0.2) is 21.6 Å². The Bertz CT molecular complexity index is 862. The number of hydrogen-bond acceptors (Lipinski definition) is 4. The van der Waals surface area contributed by atoms with E-state index in [-0.39, 0.29) is 18.6 Å². The number of nitrogens with zero attached hydrogens (tertiary/aromatic N) is 3. The fourth-order valence-corrected chi connectivity index (χ4v) is 4.28. The van der Waals surface area contributed by atoms with E-state index in [1.807, 2.05) is 17.6 Å². The molecule has 1 aromatic carbocycles. The van der Waals surface area contributed by atoms with Crippen molar-refractivity contribution in [1.29, 1.82) is 5.26 Å². The number of ether oxygens (including phenoxy) is 1. The summed E-state index contributed by atoms with van der Waals surface area (Å²) in [6.45, 7) is 8.86. The molecule has 1 aromatic heterocycles. The lowest BCUT2D eigenvalue weighted by molar-refractivity contribution is -0.156. The Hall–Kier alpha value is -2.35. The molecule has 3 rings (SSSR count). The molecule has 5 heteroatoms. The highest BCUT2D eigenvalue weighted by Crippen LogP contribution is 2.35. The fraction of sp³-hybridized carbons (Fsp3) is 0.591. The summed E-state index contributed by atoms with van der Waals surface area (Å²) < 4.78 is 7.89. The molecule has 5 nitrogen and oxygen atoms in total. The second kappa shape index (κ2) is 8.12. The van der Waals surface area contributed by atoms with Crippen LogP contribution in [-0.2, 0) is 22.5 Å². The molecule has 1 fully saturated rings. The topological polar surface area (TPSA) is 67.9 Å². The van der Waals surface area contributed by atoms with Crippen LogP contribution in [0.3, 0.4) is 0 Å². The number of benzene rings is 1. The molecule has 1 unspecified atom stereocenters. The molecule has 27 heavy (non-hydrogen) atoms. The molecular formula is C22H29N3O2. The van der Waals surface area contributed by atoms with Crippen molar-refractivity contribution in [3.8, 4) is 6.07 Å². The summed E-state index contributed by atoms with van der Waals surface area (Å²) in [6.07, 6.45) is 4.02. The maximum atomic E-state index is 12.8. The maximum absolute atomic E-state index is 12.8. The first-order valence-corrected chi connectivity index (χ1v) is 10.0. The molecule has 1 aliphatic carbocycles. The molecular weight excluding hydrogens is 338 g/mol. The van der Waals surface area contributed by atoms with Gasteiger partial charge in [0.2, 0.25) is 0 Å². The van der Waals surface area contributed by atoms with Crippen LogP contribution in [0.4, 0.5) is 0 Å². The predicted octanol–water partition coefficient (Wildman–Crippen LogP) is 4.47. The van der Waals surface area contributed by atoms with E-state index in [1.54, 1.807) is 12.1 Å². The Morgan fingerprint density at radius 3 is 2.85 bits per heavy atom. The summed E-state index contributed by atoms with van der Waals surface area (Å²) >= 11 is 0. The first-order valence-electron chi connectivity index (χ1n) is 10.0. The van der Waals surface area contributed by atoms with Gasteiger partial charge in [-0.3, -0.25) is 4.79 Å². The van der Waals surface area contributed by atoms with Gasteiger partial charge in [-0.15, -0.1) is 0 Å². The van der Waals surface area contributed by atoms with E-state index in [9.17, 15) is 4.79 Å². The molecule has 144 valence electrons. The number of carbonyl (C=O) groups is 1. The number of rotatable bonds is 5. The van der Waals surface area contributed by atoms with Crippen molar-refractivity contribution in [2.75, 3.05) is 0 Å². The van der Waals surface area contributed by atoms with Crippen molar-refractivity contribution in [3.63, 3.8) is 0 Å². The minimum Gasteiger partial charge on any atom is -0.461 e. The van der Waals surface area contributed by atoms with Crippen LogP contribution in [0.5, 0.6) is 0 Å². The van der Waals surface area contributed by atoms with Gasteiger partial charge in [0.05, 0.1) is 22.7 Å². The lowest BCUT2D eigenvalue weighted by Gasteiger charge is -2.36. The third-order valence-electron chi connectivity index (χ3n) is 5.80. The Balaban J connectivity index is 1.80. The number of hydrogen-bond donors (Lipinski definition) is 0. The summed E-state index contributed by atoms with van der Waals surface area (Å²) in [4.78, 5) is 17.4. The van der Waals surface area contributed by atoms with Gasteiger partial charge in [0, 0.05) is 6.42 Å². The van der Waals surface area contributed by atoms with Crippen molar-refractivity contribution in [3.05, 3.63) is 29.6 Å². The van der Waals surface area contributed by atoms with Gasteiger partial charge in [0.25, 0.3) is 0 Å². The molecule has 1 saturated carbocycles. The van der Waals surface area contributed by atoms with Gasteiger partial charge in [-0.05, 0) is 48.8 Å². The number of nitriles is 1. The van der Waals surface area contributed by atoms with E-state index < -0.39 is 0 Å². The number of aromatic nitrogens is 2. The van der Waals surface area contributed by atoms with Crippen LogP contribution in [0.1, 0.15) is 58.3 Å². The van der Waals surface area contributed by atoms with E-state index >= 15 is 0 Å². The standard InChI is InChI=1S/C22H29N3O2/c1-5-21-24-18-11-16(12-23)7-9-19(18)25(21)13-22(26)27-20-10-15(4)6-8-17(20)14(2)3/h7,9,11,14-15,17,20H,5-6,8,10,13H2,1-4H3/t15-,17?,20-/m1/s1. The molecule has 0 N–H and O–H groups in total. The summed E-state index contributed by atoms with van der Waals surface area (Å²) in [5.74, 6) is 2.20. The van der Waals surface area contributed by atoms with E-state index in [4.69, 9.17) is 10.00 Å². The smallest absolute Gasteiger partial charge is 0.326 e. The molecule has 1 heterocycles. The predicted molar refractivity (Wildman–Crippen MR) is 105 cm³/mol. The van der Waals surface area contributed by atoms with Crippen molar-refractivity contribution in [2.45, 2.75) is 66.0 Å². The van der Waals surface area contributed by atoms with Gasteiger partial charge >= 0.3 is 5.97 Å². The Kier molecular flexibility index (Phi) is 5.84. The number of esters is 1. The Morgan fingerprint density at radius 2 is 2.19 bits per heavy atom. The molecule has 0 bridgehead atoms. The summed E-state index contributed by atoms with van der Waals surface area (Å²) in [5.41, 5.74) is 2.21. The van der Waals surface area contributed by atoms with Crippen LogP contribution < -0.4 is 0 Å². The third-order valence-corrected chi connectivity index (χ3v) is 5.80. The van der Waals surface area contributed by atoms with Crippen molar-refractivity contribution < 1.29 is 9.53 Å². The van der Waals surface area contributed by atoms with Gasteiger partial charge in [0.1, 0.15) is 18.5 Å². The van der Waals surface area contributed by atoms with E-state index in [1.165, 1.54) is 6.42 Å². The van der Waals surface area contributed by atoms with Gasteiger partial charge in [0.15, 0.2) is 0 Å². The highest BCUT2D eigenvalue weighted by molar-refractivity contribution is 5.80. The second-order valence-corrected chi connectivity index (χ2v) is 8.14. The van der Waals surface area contributed by atoms with E-state index in [0.717, 1.165) is 36.1 Å². The third kappa shape index (κ3) is 4.16. The van der Waals surface area contributed by atoms with Gasteiger partial charge in [-0.2, -0.15) is 5.26 Å². The fourth-order valence-electron chi connectivity index (χ4n) is 4.28. The minimum atomic E-state index is -0.196. The van der Waals surface area contributed by atoms with Crippen molar-refractivity contribution >= 4 is 17.0 Å². The first kappa shape index (κ1) is 19.4. The average Bonchev–Trinajstić information content (AvgIpc) is 2.98. The molecule has 0 saturated heterocycles. The normalized spacial score (nSPS) is 22.7. The first-order chi connectivity index (χ1) is 12.9. The van der Waals surface area contributed by atoms with Crippen molar-refractivity contribution in [1.82, 2.24) is 9.55 Å². The maximum Gasteiger partial charge on any atom is 0.326 e. The zero-order valence-electron chi connectivity index (χ0n) is 16.7. The van der Waals surface area contributed by atoms with Gasteiger partial charge in [-0.25, -0.2) is 4.98 Å². The molecule has 0 radical (unpaired) electrons. The lowest BCUT2D eigenvalue weighted by atomic mass is 9.75. The molecule has 0 spiro atoms. The molecule has 3 atom stereocenters. The van der Waals surface area contributed by atoms with Crippen molar-refractivity contribution in [2.24, 2.45) is 17.8 Å². The number of fused-ring (bicyclic) bond motifs is 1. The quantitative estimate of drug-likeness (QED) is 0.731. The van der Waals surface area contributed by atoms with Gasteiger partial charge in [-0.1, -0.05) is 34.1 Å². The molecule has 0 amide bonds. The average molecular weight is 367 g/mol. The number of aryl methyl sites for hydroxylation is 1. The van der Waals surface area contributed by atoms with Gasteiger partial charge < -0.3 is 9.30 Å². The zero-order valence-corrected chi connectivity index (χ0v) is 16.7. The lowest BCUT2D eigenvalue weighted by Crippen LogP contribution is -2.36.